The van der Waals surface area contributed by atoms with Crippen molar-refractivity contribution < 1.29 is 9.59 Å². The first-order valence-electron chi connectivity index (χ1n) is 6.98. The molecule has 4 nitrogen and oxygen atoms in total. The molecule has 2 aliphatic rings. The molecule has 1 aromatic rings. The highest BCUT2D eigenvalue weighted by atomic mass is 32.2. The third-order valence-electron chi connectivity index (χ3n) is 3.78. The van der Waals surface area contributed by atoms with Crippen LogP contribution < -0.4 is 10.6 Å². The second kappa shape index (κ2) is 5.48. The van der Waals surface area contributed by atoms with Crippen molar-refractivity contribution in [2.75, 3.05) is 6.54 Å². The van der Waals surface area contributed by atoms with Gasteiger partial charge >= 0.3 is 0 Å². The standard InChI is InChI=1S/C15H18N2O2S/c18-13-7-6-12(17-13)14(19)16-10-15(8-9-15)20-11-4-2-1-3-5-11/h1-5,12H,6-10H2,(H,16,19)(H,17,18). The lowest BCUT2D eigenvalue weighted by Gasteiger charge is -2.17. The minimum atomic E-state index is -0.333. The number of rotatable bonds is 5. The summed E-state index contributed by atoms with van der Waals surface area (Å²) < 4.78 is 0.152. The molecule has 3 rings (SSSR count). The number of carbonyl (C=O) groups excluding carboxylic acids is 2. The number of benzene rings is 1. The fraction of sp³-hybridized carbons (Fsp3) is 0.467. The molecule has 1 saturated carbocycles. The van der Waals surface area contributed by atoms with Gasteiger partial charge in [0.2, 0.25) is 11.8 Å². The molecule has 2 fully saturated rings. The number of hydrogen-bond donors (Lipinski definition) is 2. The van der Waals surface area contributed by atoms with E-state index < -0.39 is 0 Å². The summed E-state index contributed by atoms with van der Waals surface area (Å²) in [4.78, 5) is 24.3. The van der Waals surface area contributed by atoms with Crippen molar-refractivity contribution in [2.24, 2.45) is 0 Å². The van der Waals surface area contributed by atoms with E-state index in [2.05, 4.69) is 22.8 Å². The van der Waals surface area contributed by atoms with Gasteiger partial charge in [-0.2, -0.15) is 0 Å². The second-order valence-corrected chi connectivity index (χ2v) is 7.02. The highest BCUT2D eigenvalue weighted by Crippen LogP contribution is 2.51. The first-order valence-corrected chi connectivity index (χ1v) is 7.80. The van der Waals surface area contributed by atoms with Crippen molar-refractivity contribution in [1.29, 1.82) is 0 Å². The predicted octanol–water partition coefficient (Wildman–Crippen LogP) is 1.71. The maximum atomic E-state index is 12.0. The first kappa shape index (κ1) is 13.5. The zero-order valence-corrected chi connectivity index (χ0v) is 12.0. The quantitative estimate of drug-likeness (QED) is 0.868. The van der Waals surface area contributed by atoms with Gasteiger partial charge in [0.1, 0.15) is 6.04 Å². The molecule has 1 unspecified atom stereocenters. The van der Waals surface area contributed by atoms with Crippen LogP contribution in [0.25, 0.3) is 0 Å². The van der Waals surface area contributed by atoms with Gasteiger partial charge in [0.25, 0.3) is 0 Å². The molecule has 1 heterocycles. The Morgan fingerprint density at radius 1 is 1.35 bits per heavy atom. The summed E-state index contributed by atoms with van der Waals surface area (Å²) in [6, 6.07) is 9.94. The zero-order chi connectivity index (χ0) is 14.0. The summed E-state index contributed by atoms with van der Waals surface area (Å²) in [6.45, 7) is 0.678. The fourth-order valence-electron chi connectivity index (χ4n) is 2.38. The van der Waals surface area contributed by atoms with Crippen LogP contribution >= 0.6 is 11.8 Å². The van der Waals surface area contributed by atoms with Crippen molar-refractivity contribution in [3.8, 4) is 0 Å². The molecule has 0 aromatic heterocycles. The molecule has 20 heavy (non-hydrogen) atoms. The Morgan fingerprint density at radius 2 is 2.10 bits per heavy atom. The van der Waals surface area contributed by atoms with E-state index in [9.17, 15) is 9.59 Å². The number of nitrogens with one attached hydrogen (secondary N) is 2. The number of thioether (sulfide) groups is 1. The Morgan fingerprint density at radius 3 is 2.70 bits per heavy atom. The highest BCUT2D eigenvalue weighted by molar-refractivity contribution is 8.01. The van der Waals surface area contributed by atoms with Crippen molar-refractivity contribution in [1.82, 2.24) is 10.6 Å². The van der Waals surface area contributed by atoms with E-state index in [1.54, 1.807) is 0 Å². The molecule has 106 valence electrons. The molecule has 0 spiro atoms. The van der Waals surface area contributed by atoms with Gasteiger partial charge < -0.3 is 10.6 Å². The molecular weight excluding hydrogens is 272 g/mol. The number of carbonyl (C=O) groups is 2. The number of hydrogen-bond acceptors (Lipinski definition) is 3. The van der Waals surface area contributed by atoms with Crippen LogP contribution in [-0.2, 0) is 9.59 Å². The van der Waals surface area contributed by atoms with E-state index in [0.717, 1.165) is 12.8 Å². The lowest BCUT2D eigenvalue weighted by molar-refractivity contribution is -0.125. The molecule has 2 N–H and O–H groups in total. The van der Waals surface area contributed by atoms with E-state index >= 15 is 0 Å². The Kier molecular flexibility index (Phi) is 3.70. The smallest absolute Gasteiger partial charge is 0.242 e. The third kappa shape index (κ3) is 3.15. The Bertz CT molecular complexity index is 514. The van der Waals surface area contributed by atoms with Gasteiger partial charge in [0, 0.05) is 22.6 Å². The van der Waals surface area contributed by atoms with Crippen LogP contribution in [0.3, 0.4) is 0 Å². The van der Waals surface area contributed by atoms with Crippen LogP contribution in [-0.4, -0.2) is 29.1 Å². The first-order chi connectivity index (χ1) is 9.67. The monoisotopic (exact) mass is 290 g/mol. The molecule has 1 atom stereocenters. The second-order valence-electron chi connectivity index (χ2n) is 5.47. The van der Waals surface area contributed by atoms with Crippen LogP contribution in [0.1, 0.15) is 25.7 Å². The number of amides is 2. The Hall–Kier alpha value is -1.49. The predicted molar refractivity (Wildman–Crippen MR) is 78.4 cm³/mol. The topological polar surface area (TPSA) is 58.2 Å². The molecule has 0 radical (unpaired) electrons. The molecular formula is C15H18N2O2S. The van der Waals surface area contributed by atoms with Gasteiger partial charge in [-0.3, -0.25) is 9.59 Å². The van der Waals surface area contributed by atoms with Crippen LogP contribution in [0, 0.1) is 0 Å². The van der Waals surface area contributed by atoms with Gasteiger partial charge in [-0.1, -0.05) is 18.2 Å². The summed E-state index contributed by atoms with van der Waals surface area (Å²) in [5.74, 6) is -0.0688. The van der Waals surface area contributed by atoms with Gasteiger partial charge in [-0.25, -0.2) is 0 Å². The third-order valence-corrected chi connectivity index (χ3v) is 5.28. The van der Waals surface area contributed by atoms with E-state index in [4.69, 9.17) is 0 Å². The normalized spacial score (nSPS) is 23.2. The average molecular weight is 290 g/mol. The van der Waals surface area contributed by atoms with Gasteiger partial charge in [0.15, 0.2) is 0 Å². The van der Waals surface area contributed by atoms with E-state index in [-0.39, 0.29) is 22.6 Å². The maximum Gasteiger partial charge on any atom is 0.242 e. The largest absolute Gasteiger partial charge is 0.353 e. The lowest BCUT2D eigenvalue weighted by Crippen LogP contribution is -2.44. The summed E-state index contributed by atoms with van der Waals surface area (Å²) in [5.41, 5.74) is 0. The Labute approximate surface area is 122 Å². The SMILES string of the molecule is O=C1CCC(C(=O)NCC2(Sc3ccccc3)CC2)N1. The zero-order valence-electron chi connectivity index (χ0n) is 11.2. The molecule has 1 aromatic carbocycles. The summed E-state index contributed by atoms with van der Waals surface area (Å²) in [6.07, 6.45) is 3.33. The summed E-state index contributed by atoms with van der Waals surface area (Å²) >= 11 is 1.84. The van der Waals surface area contributed by atoms with E-state index in [1.807, 2.05) is 30.0 Å². The van der Waals surface area contributed by atoms with Gasteiger partial charge in [0.05, 0.1) is 0 Å². The molecule has 2 amide bonds. The minimum absolute atomic E-state index is 0.0232. The fourth-order valence-corrected chi connectivity index (χ4v) is 3.62. The van der Waals surface area contributed by atoms with E-state index in [1.165, 1.54) is 4.90 Å². The van der Waals surface area contributed by atoms with Crippen molar-refractivity contribution in [2.45, 2.75) is 41.4 Å². The van der Waals surface area contributed by atoms with Crippen LogP contribution in [0.15, 0.2) is 35.2 Å². The Balaban J connectivity index is 1.50. The van der Waals surface area contributed by atoms with Crippen LogP contribution in [0.4, 0.5) is 0 Å². The van der Waals surface area contributed by atoms with Gasteiger partial charge in [-0.15, -0.1) is 11.8 Å². The van der Waals surface area contributed by atoms with Crippen molar-refractivity contribution in [3.05, 3.63) is 30.3 Å². The summed E-state index contributed by atoms with van der Waals surface area (Å²) in [7, 11) is 0. The van der Waals surface area contributed by atoms with Crippen molar-refractivity contribution >= 4 is 23.6 Å². The summed E-state index contributed by atoms with van der Waals surface area (Å²) in [5, 5.41) is 5.70. The molecule has 1 aliphatic heterocycles. The maximum absolute atomic E-state index is 12.0. The average Bonchev–Trinajstić information content (AvgIpc) is 3.08. The van der Waals surface area contributed by atoms with E-state index in [0.29, 0.717) is 19.4 Å². The highest BCUT2D eigenvalue weighted by Gasteiger charge is 2.44. The minimum Gasteiger partial charge on any atom is -0.353 e. The van der Waals surface area contributed by atoms with Crippen LogP contribution in [0.2, 0.25) is 0 Å². The molecule has 1 saturated heterocycles. The lowest BCUT2D eigenvalue weighted by atomic mass is 10.2. The van der Waals surface area contributed by atoms with Gasteiger partial charge in [-0.05, 0) is 31.4 Å². The van der Waals surface area contributed by atoms with Crippen molar-refractivity contribution in [3.63, 3.8) is 0 Å². The molecule has 1 aliphatic carbocycles. The molecule has 5 heteroatoms. The molecule has 0 bridgehead atoms. The van der Waals surface area contributed by atoms with Crippen LogP contribution in [0.5, 0.6) is 0 Å².